The lowest BCUT2D eigenvalue weighted by Crippen LogP contribution is -2.35. The number of ether oxygens (including phenoxy) is 1. The lowest BCUT2D eigenvalue weighted by molar-refractivity contribution is 0.372. The number of para-hydroxylation sites is 1. The van der Waals surface area contributed by atoms with Crippen LogP contribution in [-0.4, -0.2) is 19.7 Å². The Kier molecular flexibility index (Phi) is 4.37. The van der Waals surface area contributed by atoms with Crippen LogP contribution in [0, 0.1) is 0 Å². The third kappa shape index (κ3) is 2.97. The van der Waals surface area contributed by atoms with Crippen molar-refractivity contribution in [2.45, 2.75) is 38.4 Å². The van der Waals surface area contributed by atoms with Crippen molar-refractivity contribution in [1.82, 2.24) is 5.32 Å². The number of hydrogen-bond donors (Lipinski definition) is 1. The number of piperidine rings is 1. The van der Waals surface area contributed by atoms with E-state index < -0.39 is 6.67 Å². The summed E-state index contributed by atoms with van der Waals surface area (Å²) in [6.45, 7) is 0.630. The largest absolute Gasteiger partial charge is 0.496 e. The molecule has 1 fully saturated rings. The Balaban J connectivity index is 2.13. The molecular formula is C14H20FNO. The molecule has 94 valence electrons. The number of rotatable bonds is 4. The molecule has 17 heavy (non-hydrogen) atoms. The van der Waals surface area contributed by atoms with Crippen LogP contribution in [0.4, 0.5) is 4.39 Å². The van der Waals surface area contributed by atoms with Gasteiger partial charge in [0, 0.05) is 11.6 Å². The number of alkyl halides is 1. The summed E-state index contributed by atoms with van der Waals surface area (Å²) >= 11 is 0. The molecule has 1 aromatic rings. The van der Waals surface area contributed by atoms with E-state index in [1.54, 1.807) is 13.2 Å². The molecule has 0 aromatic heterocycles. The van der Waals surface area contributed by atoms with Crippen LogP contribution < -0.4 is 10.1 Å². The Morgan fingerprint density at radius 1 is 1.35 bits per heavy atom. The Bertz CT molecular complexity index is 361. The summed E-state index contributed by atoms with van der Waals surface area (Å²) in [4.78, 5) is 0. The van der Waals surface area contributed by atoms with Crippen molar-refractivity contribution in [3.63, 3.8) is 0 Å². The van der Waals surface area contributed by atoms with Gasteiger partial charge in [0.05, 0.1) is 7.11 Å². The van der Waals surface area contributed by atoms with E-state index in [1.165, 1.54) is 19.3 Å². The zero-order valence-corrected chi connectivity index (χ0v) is 10.3. The second-order valence-corrected chi connectivity index (χ2v) is 4.59. The minimum atomic E-state index is -0.463. The Hall–Kier alpha value is -1.09. The number of methoxy groups -OCH3 is 1. The van der Waals surface area contributed by atoms with E-state index in [-0.39, 0.29) is 0 Å². The highest BCUT2D eigenvalue weighted by atomic mass is 19.1. The third-order valence-corrected chi connectivity index (χ3v) is 3.40. The highest BCUT2D eigenvalue weighted by molar-refractivity contribution is 5.41. The molecule has 1 heterocycles. The molecule has 1 atom stereocenters. The van der Waals surface area contributed by atoms with E-state index in [0.29, 0.717) is 11.6 Å². The molecule has 1 aromatic carbocycles. The number of hydrogen-bond acceptors (Lipinski definition) is 2. The number of halogens is 1. The molecule has 2 rings (SSSR count). The monoisotopic (exact) mass is 237 g/mol. The van der Waals surface area contributed by atoms with Crippen molar-refractivity contribution in [2.24, 2.45) is 0 Å². The van der Waals surface area contributed by atoms with Gasteiger partial charge in [-0.3, -0.25) is 0 Å². The quantitative estimate of drug-likeness (QED) is 0.869. The summed E-state index contributed by atoms with van der Waals surface area (Å²) < 4.78 is 18.2. The van der Waals surface area contributed by atoms with Gasteiger partial charge in [0.2, 0.25) is 0 Å². The predicted molar refractivity (Wildman–Crippen MR) is 67.2 cm³/mol. The summed E-state index contributed by atoms with van der Waals surface area (Å²) in [6.07, 6.45) is 4.67. The first-order chi connectivity index (χ1) is 8.35. The van der Waals surface area contributed by atoms with E-state index >= 15 is 0 Å². The van der Waals surface area contributed by atoms with Crippen molar-refractivity contribution in [1.29, 1.82) is 0 Å². The van der Waals surface area contributed by atoms with Crippen LogP contribution in [0.3, 0.4) is 0 Å². The second kappa shape index (κ2) is 6.01. The van der Waals surface area contributed by atoms with E-state index in [1.807, 2.05) is 12.1 Å². The summed E-state index contributed by atoms with van der Waals surface area (Å²) in [6, 6.07) is 6.24. The molecule has 0 radical (unpaired) electrons. The normalized spacial score (nSPS) is 20.2. The first kappa shape index (κ1) is 12.4. The van der Waals surface area contributed by atoms with Crippen LogP contribution in [-0.2, 0) is 13.1 Å². The number of nitrogens with one attached hydrogen (secondary N) is 1. The molecule has 2 nitrogen and oxygen atoms in total. The van der Waals surface area contributed by atoms with E-state index in [2.05, 4.69) is 5.32 Å². The molecule has 0 saturated carbocycles. The SMILES string of the molecule is COc1c(CF)cccc1CC1CCCCN1. The maximum atomic E-state index is 12.8. The van der Waals surface area contributed by atoms with Crippen molar-refractivity contribution < 1.29 is 9.13 Å². The standard InChI is InChI=1S/C14H20FNO/c1-17-14-11(5-4-6-12(14)10-15)9-13-7-2-3-8-16-13/h4-6,13,16H,2-3,7-10H2,1H3. The lowest BCUT2D eigenvalue weighted by Gasteiger charge is -2.24. The Labute approximate surface area is 102 Å². The second-order valence-electron chi connectivity index (χ2n) is 4.59. The third-order valence-electron chi connectivity index (χ3n) is 3.40. The molecule has 1 unspecified atom stereocenters. The van der Waals surface area contributed by atoms with Crippen LogP contribution in [0.5, 0.6) is 5.75 Å². The maximum absolute atomic E-state index is 12.8. The van der Waals surface area contributed by atoms with E-state index in [9.17, 15) is 4.39 Å². The predicted octanol–water partition coefficient (Wildman–Crippen LogP) is 2.85. The Morgan fingerprint density at radius 2 is 2.18 bits per heavy atom. The summed E-state index contributed by atoms with van der Waals surface area (Å²) in [7, 11) is 1.62. The van der Waals surface area contributed by atoms with Crippen LogP contribution in [0.2, 0.25) is 0 Å². The van der Waals surface area contributed by atoms with Crippen molar-refractivity contribution in [2.75, 3.05) is 13.7 Å². The molecule has 1 saturated heterocycles. The summed E-state index contributed by atoms with van der Waals surface area (Å²) in [5, 5.41) is 3.51. The first-order valence-electron chi connectivity index (χ1n) is 6.29. The molecule has 1 aliphatic rings. The van der Waals surface area contributed by atoms with Gasteiger partial charge in [-0.2, -0.15) is 0 Å². The van der Waals surface area contributed by atoms with Crippen molar-refractivity contribution >= 4 is 0 Å². The van der Waals surface area contributed by atoms with Gasteiger partial charge in [-0.1, -0.05) is 24.6 Å². The van der Waals surface area contributed by atoms with Crippen LogP contribution in [0.1, 0.15) is 30.4 Å². The van der Waals surface area contributed by atoms with Crippen LogP contribution >= 0.6 is 0 Å². The van der Waals surface area contributed by atoms with Gasteiger partial charge in [0.15, 0.2) is 0 Å². The molecule has 1 aliphatic heterocycles. The highest BCUT2D eigenvalue weighted by Gasteiger charge is 2.16. The fourth-order valence-corrected chi connectivity index (χ4v) is 2.53. The Morgan fingerprint density at radius 3 is 2.82 bits per heavy atom. The van der Waals surface area contributed by atoms with E-state index in [4.69, 9.17) is 4.74 Å². The molecule has 0 aliphatic carbocycles. The van der Waals surface area contributed by atoms with Gasteiger partial charge in [-0.25, -0.2) is 4.39 Å². The fourth-order valence-electron chi connectivity index (χ4n) is 2.53. The summed E-state index contributed by atoms with van der Waals surface area (Å²) in [5.41, 5.74) is 1.77. The van der Waals surface area contributed by atoms with Gasteiger partial charge in [-0.15, -0.1) is 0 Å². The van der Waals surface area contributed by atoms with Gasteiger partial charge in [0.1, 0.15) is 12.4 Å². The maximum Gasteiger partial charge on any atom is 0.127 e. The van der Waals surface area contributed by atoms with E-state index in [0.717, 1.165) is 24.3 Å². The zero-order valence-electron chi connectivity index (χ0n) is 10.3. The molecular weight excluding hydrogens is 217 g/mol. The smallest absolute Gasteiger partial charge is 0.127 e. The lowest BCUT2D eigenvalue weighted by atomic mass is 9.96. The average molecular weight is 237 g/mol. The van der Waals surface area contributed by atoms with Crippen molar-refractivity contribution in [3.05, 3.63) is 29.3 Å². The van der Waals surface area contributed by atoms with Gasteiger partial charge in [0.25, 0.3) is 0 Å². The van der Waals surface area contributed by atoms with Gasteiger partial charge < -0.3 is 10.1 Å². The zero-order chi connectivity index (χ0) is 12.1. The number of benzene rings is 1. The molecule has 1 N–H and O–H groups in total. The van der Waals surface area contributed by atoms with Crippen LogP contribution in [0.15, 0.2) is 18.2 Å². The molecule has 0 amide bonds. The topological polar surface area (TPSA) is 21.3 Å². The fraction of sp³-hybridized carbons (Fsp3) is 0.571. The highest BCUT2D eigenvalue weighted by Crippen LogP contribution is 2.27. The van der Waals surface area contributed by atoms with Gasteiger partial charge in [-0.05, 0) is 31.4 Å². The molecule has 0 spiro atoms. The molecule has 0 bridgehead atoms. The summed E-state index contributed by atoms with van der Waals surface area (Å²) in [5.74, 6) is 0.724. The minimum absolute atomic E-state index is 0.463. The average Bonchev–Trinajstić information content (AvgIpc) is 2.39. The minimum Gasteiger partial charge on any atom is -0.496 e. The molecule has 3 heteroatoms. The van der Waals surface area contributed by atoms with Crippen LogP contribution in [0.25, 0.3) is 0 Å². The first-order valence-corrected chi connectivity index (χ1v) is 6.29. The van der Waals surface area contributed by atoms with Gasteiger partial charge >= 0.3 is 0 Å². The van der Waals surface area contributed by atoms with Crippen molar-refractivity contribution in [3.8, 4) is 5.75 Å².